The maximum absolute atomic E-state index is 12.6. The van der Waals surface area contributed by atoms with Crippen molar-refractivity contribution in [2.75, 3.05) is 12.4 Å². The lowest BCUT2D eigenvalue weighted by Gasteiger charge is -2.08. The van der Waals surface area contributed by atoms with Gasteiger partial charge in [0.05, 0.1) is 35.0 Å². The molecule has 0 bridgehead atoms. The van der Waals surface area contributed by atoms with Crippen LogP contribution >= 0.6 is 23.2 Å². The fourth-order valence-electron chi connectivity index (χ4n) is 2.65. The van der Waals surface area contributed by atoms with Gasteiger partial charge in [-0.25, -0.2) is 0 Å². The SMILES string of the molecule is COc1ccc(C(=O)/C=C2\C(=O)Nc3c(Cl)ccc(Cl)c32)c(CO)c1. The standard InChI is InChI=1S/C18H13Cl2NO4/c1-25-10-2-3-11(9(6-10)8-22)15(23)7-12-16-13(19)4-5-14(20)17(16)21-18(12)24/h2-7,22H,8H2,1H3,(H,21,24)/b12-7-. The molecule has 128 valence electrons. The summed E-state index contributed by atoms with van der Waals surface area (Å²) in [6, 6.07) is 7.85. The Morgan fingerprint density at radius 1 is 1.24 bits per heavy atom. The van der Waals surface area contributed by atoms with Crippen molar-refractivity contribution in [3.8, 4) is 5.75 Å². The largest absolute Gasteiger partial charge is 0.497 e. The Morgan fingerprint density at radius 2 is 1.96 bits per heavy atom. The topological polar surface area (TPSA) is 75.6 Å². The lowest BCUT2D eigenvalue weighted by atomic mass is 9.99. The molecule has 1 heterocycles. The number of rotatable bonds is 4. The number of amides is 1. The number of methoxy groups -OCH3 is 1. The number of carbonyl (C=O) groups excluding carboxylic acids is 2. The summed E-state index contributed by atoms with van der Waals surface area (Å²) in [6.07, 6.45) is 1.20. The van der Waals surface area contributed by atoms with Crippen molar-refractivity contribution in [1.29, 1.82) is 0 Å². The third-order valence-electron chi connectivity index (χ3n) is 3.88. The van der Waals surface area contributed by atoms with Crippen LogP contribution in [0.2, 0.25) is 10.0 Å². The van der Waals surface area contributed by atoms with Gasteiger partial charge in [-0.05, 0) is 42.0 Å². The van der Waals surface area contributed by atoms with Crippen molar-refractivity contribution >= 4 is 46.2 Å². The number of halogens is 2. The Morgan fingerprint density at radius 3 is 2.64 bits per heavy atom. The minimum absolute atomic E-state index is 0.132. The molecule has 3 rings (SSSR count). The van der Waals surface area contributed by atoms with Crippen molar-refractivity contribution in [2.24, 2.45) is 0 Å². The minimum atomic E-state index is -0.461. The molecule has 0 saturated heterocycles. The highest BCUT2D eigenvalue weighted by molar-refractivity contribution is 6.45. The lowest BCUT2D eigenvalue weighted by molar-refractivity contribution is -0.110. The molecule has 0 aromatic heterocycles. The third kappa shape index (κ3) is 3.14. The third-order valence-corrected chi connectivity index (χ3v) is 4.51. The average molecular weight is 378 g/mol. The molecule has 1 aliphatic heterocycles. The lowest BCUT2D eigenvalue weighted by Crippen LogP contribution is -2.07. The van der Waals surface area contributed by atoms with E-state index in [4.69, 9.17) is 27.9 Å². The van der Waals surface area contributed by atoms with Crippen molar-refractivity contribution in [3.63, 3.8) is 0 Å². The van der Waals surface area contributed by atoms with Gasteiger partial charge in [-0.1, -0.05) is 23.2 Å². The summed E-state index contributed by atoms with van der Waals surface area (Å²) in [7, 11) is 1.49. The van der Waals surface area contributed by atoms with Crippen LogP contribution in [-0.2, 0) is 11.4 Å². The number of ether oxygens (including phenoxy) is 1. The van der Waals surface area contributed by atoms with Gasteiger partial charge in [-0.15, -0.1) is 0 Å². The number of hydrogen-bond acceptors (Lipinski definition) is 4. The van der Waals surface area contributed by atoms with Gasteiger partial charge in [0.15, 0.2) is 5.78 Å². The number of fused-ring (bicyclic) bond motifs is 1. The first-order chi connectivity index (χ1) is 12.0. The second kappa shape index (κ2) is 6.88. The van der Waals surface area contributed by atoms with Gasteiger partial charge in [0, 0.05) is 11.1 Å². The summed E-state index contributed by atoms with van der Waals surface area (Å²) in [6.45, 7) is -0.336. The van der Waals surface area contributed by atoms with Gasteiger partial charge in [0.1, 0.15) is 5.75 Å². The Hall–Kier alpha value is -2.34. The molecule has 1 aliphatic rings. The van der Waals surface area contributed by atoms with Crippen LogP contribution < -0.4 is 10.1 Å². The molecule has 5 nitrogen and oxygen atoms in total. The van der Waals surface area contributed by atoms with Crippen LogP contribution in [-0.4, -0.2) is 23.9 Å². The molecule has 1 amide bonds. The smallest absolute Gasteiger partial charge is 0.256 e. The normalized spacial score (nSPS) is 14.4. The summed E-state index contributed by atoms with van der Waals surface area (Å²) in [4.78, 5) is 24.9. The predicted octanol–water partition coefficient (Wildman–Crippen LogP) is 3.71. The molecule has 25 heavy (non-hydrogen) atoms. The maximum Gasteiger partial charge on any atom is 0.256 e. The number of carbonyl (C=O) groups is 2. The number of hydrogen-bond donors (Lipinski definition) is 2. The average Bonchev–Trinajstić information content (AvgIpc) is 2.95. The first-order valence-corrected chi connectivity index (χ1v) is 8.05. The Labute approximate surface area is 153 Å². The highest BCUT2D eigenvalue weighted by atomic mass is 35.5. The van der Waals surface area contributed by atoms with Crippen molar-refractivity contribution in [1.82, 2.24) is 0 Å². The molecule has 0 radical (unpaired) electrons. The number of ketones is 1. The number of nitrogens with one attached hydrogen (secondary N) is 1. The highest BCUT2D eigenvalue weighted by Gasteiger charge is 2.29. The minimum Gasteiger partial charge on any atom is -0.497 e. The molecule has 2 N–H and O–H groups in total. The van der Waals surface area contributed by atoms with Gasteiger partial charge in [-0.3, -0.25) is 9.59 Å². The molecule has 7 heteroatoms. The van der Waals surface area contributed by atoms with Crippen molar-refractivity contribution in [2.45, 2.75) is 6.61 Å². The van der Waals surface area contributed by atoms with E-state index in [2.05, 4.69) is 5.32 Å². The molecule has 0 fully saturated rings. The molecule has 2 aromatic rings. The molecule has 0 unspecified atom stereocenters. The van der Waals surface area contributed by atoms with Gasteiger partial charge < -0.3 is 15.2 Å². The fraction of sp³-hybridized carbons (Fsp3) is 0.111. The van der Waals surface area contributed by atoms with Crippen LogP contribution in [0.15, 0.2) is 36.4 Å². The number of aliphatic hydroxyl groups is 1. The van der Waals surface area contributed by atoms with Crippen molar-refractivity contribution < 1.29 is 19.4 Å². The number of benzene rings is 2. The van der Waals surface area contributed by atoms with E-state index in [1.807, 2.05) is 0 Å². The predicted molar refractivity (Wildman–Crippen MR) is 96.3 cm³/mol. The van der Waals surface area contributed by atoms with Crippen LogP contribution in [0.1, 0.15) is 21.5 Å². The summed E-state index contributed by atoms with van der Waals surface area (Å²) >= 11 is 12.2. The molecular formula is C18H13Cl2NO4. The summed E-state index contributed by atoms with van der Waals surface area (Å²) < 4.78 is 5.08. The number of allylic oxidation sites excluding steroid dienone is 1. The molecule has 0 spiro atoms. The number of aliphatic hydroxyl groups excluding tert-OH is 1. The second-order valence-electron chi connectivity index (χ2n) is 5.34. The van der Waals surface area contributed by atoms with E-state index in [0.717, 1.165) is 0 Å². The fourth-order valence-corrected chi connectivity index (χ4v) is 3.11. The molecule has 0 saturated carbocycles. The second-order valence-corrected chi connectivity index (χ2v) is 6.15. The van der Waals surface area contributed by atoms with Gasteiger partial charge in [-0.2, -0.15) is 0 Å². The van der Waals surface area contributed by atoms with Gasteiger partial charge in [0.25, 0.3) is 5.91 Å². The quantitative estimate of drug-likeness (QED) is 0.628. The highest BCUT2D eigenvalue weighted by Crippen LogP contribution is 2.41. The van der Waals surface area contributed by atoms with E-state index in [-0.39, 0.29) is 17.7 Å². The zero-order chi connectivity index (χ0) is 18.1. The zero-order valence-electron chi connectivity index (χ0n) is 13.1. The maximum atomic E-state index is 12.6. The molecule has 0 aliphatic carbocycles. The monoisotopic (exact) mass is 377 g/mol. The van der Waals surface area contributed by atoms with E-state index >= 15 is 0 Å². The van der Waals surface area contributed by atoms with E-state index in [1.165, 1.54) is 19.3 Å². The molecule has 0 atom stereocenters. The van der Waals surface area contributed by atoms with Crippen LogP contribution in [0.3, 0.4) is 0 Å². The Bertz CT molecular complexity index is 922. The van der Waals surface area contributed by atoms with E-state index < -0.39 is 11.7 Å². The van der Waals surface area contributed by atoms with E-state index in [1.54, 1.807) is 24.3 Å². The van der Waals surface area contributed by atoms with Crippen LogP contribution in [0.4, 0.5) is 5.69 Å². The van der Waals surface area contributed by atoms with E-state index in [9.17, 15) is 14.7 Å². The molecular weight excluding hydrogens is 365 g/mol. The first kappa shape index (κ1) is 17.5. The van der Waals surface area contributed by atoms with Crippen LogP contribution in [0.5, 0.6) is 5.75 Å². The van der Waals surface area contributed by atoms with Crippen LogP contribution in [0, 0.1) is 0 Å². The van der Waals surface area contributed by atoms with Gasteiger partial charge >= 0.3 is 0 Å². The van der Waals surface area contributed by atoms with E-state index in [0.29, 0.717) is 32.6 Å². The zero-order valence-corrected chi connectivity index (χ0v) is 14.6. The Balaban J connectivity index is 2.07. The first-order valence-electron chi connectivity index (χ1n) is 7.29. The van der Waals surface area contributed by atoms with Gasteiger partial charge in [0.2, 0.25) is 0 Å². The summed E-state index contributed by atoms with van der Waals surface area (Å²) in [5.74, 6) is -0.370. The van der Waals surface area contributed by atoms with Crippen molar-refractivity contribution in [3.05, 3.63) is 63.1 Å². The summed E-state index contributed by atoms with van der Waals surface area (Å²) in [5, 5.41) is 12.8. The molecule has 2 aromatic carbocycles. The van der Waals surface area contributed by atoms with Crippen LogP contribution in [0.25, 0.3) is 5.57 Å². The Kier molecular flexibility index (Phi) is 4.81. The number of anilines is 1. The summed E-state index contributed by atoms with van der Waals surface area (Å²) in [5.41, 5.74) is 1.58.